The van der Waals surface area contributed by atoms with Crippen molar-refractivity contribution in [1.29, 1.82) is 0 Å². The van der Waals surface area contributed by atoms with Gasteiger partial charge in [-0.05, 0) is 26.8 Å². The van der Waals surface area contributed by atoms with Gasteiger partial charge in [-0.25, -0.2) is 0 Å². The second-order valence-electron chi connectivity index (χ2n) is 11.0. The van der Waals surface area contributed by atoms with Gasteiger partial charge in [0.2, 0.25) is 0 Å². The van der Waals surface area contributed by atoms with Crippen LogP contribution in [-0.2, 0) is 23.7 Å². The van der Waals surface area contributed by atoms with E-state index in [9.17, 15) is 25.5 Å². The fourth-order valence-electron chi connectivity index (χ4n) is 4.73. The maximum atomic E-state index is 11.0. The van der Waals surface area contributed by atoms with Crippen LogP contribution in [0.2, 0.25) is 0 Å². The lowest BCUT2D eigenvalue weighted by Crippen LogP contribution is -2.65. The van der Waals surface area contributed by atoms with Crippen molar-refractivity contribution < 1.29 is 54.3 Å². The molecule has 0 saturated carbocycles. The van der Waals surface area contributed by atoms with Crippen LogP contribution in [0.1, 0.15) is 19.8 Å². The standard InChI is InChI=1S/C24H47N5O11/c1-23(34)10-38-21(18(33)19(23)27-2)40-17(7-29-22(26)24(35)11-36-12-24)16(32)9-37-20-15(25)4-3-14(39-20)6-28-5-13(31)8-30/h13-21,27-28,30-35H,3-12,25H2,1-2H3,(H2,26,29)/t13?,14-,15?,16?,17?,18?,19+,20-,21+,23?/m0/s1. The van der Waals surface area contributed by atoms with Crippen molar-refractivity contribution in [3.05, 3.63) is 0 Å². The van der Waals surface area contributed by atoms with Gasteiger partial charge >= 0.3 is 0 Å². The normalized spacial score (nSPS) is 37.0. The molecule has 234 valence electrons. The first-order chi connectivity index (χ1) is 18.9. The first-order valence-electron chi connectivity index (χ1n) is 13.6. The van der Waals surface area contributed by atoms with Crippen molar-refractivity contribution >= 4 is 5.84 Å². The summed E-state index contributed by atoms with van der Waals surface area (Å²) >= 11 is 0. The minimum absolute atomic E-state index is 0.00516. The van der Waals surface area contributed by atoms with E-state index >= 15 is 0 Å². The molecule has 3 rings (SSSR count). The maximum absolute atomic E-state index is 11.0. The molecule has 3 aliphatic heterocycles. The number of hydrogen-bond acceptors (Lipinski definition) is 15. The zero-order valence-electron chi connectivity index (χ0n) is 23.1. The molecule has 0 amide bonds. The van der Waals surface area contributed by atoms with Gasteiger partial charge in [0.1, 0.15) is 29.7 Å². The highest BCUT2D eigenvalue weighted by atomic mass is 16.7. The third-order valence-corrected chi connectivity index (χ3v) is 7.37. The highest BCUT2D eigenvalue weighted by Gasteiger charge is 2.47. The molecule has 16 nitrogen and oxygen atoms in total. The van der Waals surface area contributed by atoms with Crippen LogP contribution in [0, 0.1) is 0 Å². The van der Waals surface area contributed by atoms with Gasteiger partial charge in [-0.2, -0.15) is 0 Å². The predicted molar refractivity (Wildman–Crippen MR) is 140 cm³/mol. The van der Waals surface area contributed by atoms with Crippen molar-refractivity contribution in [2.75, 3.05) is 59.7 Å². The smallest absolute Gasteiger partial charge is 0.185 e. The van der Waals surface area contributed by atoms with Gasteiger partial charge in [-0.15, -0.1) is 0 Å². The average Bonchev–Trinajstić information content (AvgIpc) is 2.90. The molecular formula is C24H47N5O11. The van der Waals surface area contributed by atoms with E-state index in [-0.39, 0.29) is 58.1 Å². The fourth-order valence-corrected chi connectivity index (χ4v) is 4.73. The first kappa shape index (κ1) is 33.4. The molecule has 3 saturated heterocycles. The lowest BCUT2D eigenvalue weighted by atomic mass is 9.90. The minimum Gasteiger partial charge on any atom is -0.394 e. The zero-order chi connectivity index (χ0) is 29.5. The molecule has 0 aromatic carbocycles. The van der Waals surface area contributed by atoms with Crippen LogP contribution in [0.15, 0.2) is 4.99 Å². The van der Waals surface area contributed by atoms with Crippen molar-refractivity contribution in [3.63, 3.8) is 0 Å². The number of ether oxygens (including phenoxy) is 5. The third kappa shape index (κ3) is 8.71. The van der Waals surface area contributed by atoms with Crippen LogP contribution in [-0.4, -0.2) is 163 Å². The van der Waals surface area contributed by atoms with E-state index in [0.717, 1.165) is 0 Å². The fraction of sp³-hybridized carbons (Fsp3) is 0.958. The Bertz CT molecular complexity index is 805. The lowest BCUT2D eigenvalue weighted by molar-refractivity contribution is -0.290. The van der Waals surface area contributed by atoms with E-state index in [1.54, 1.807) is 7.05 Å². The predicted octanol–water partition coefficient (Wildman–Crippen LogP) is -5.30. The Hall–Kier alpha value is -1.09. The molecule has 6 unspecified atom stereocenters. The van der Waals surface area contributed by atoms with Crippen LogP contribution in [0.4, 0.5) is 0 Å². The Labute approximate surface area is 233 Å². The number of nitrogens with zero attached hydrogens (tertiary/aromatic N) is 1. The Morgan fingerprint density at radius 2 is 1.90 bits per heavy atom. The Kier molecular flexibility index (Phi) is 12.4. The lowest BCUT2D eigenvalue weighted by Gasteiger charge is -2.44. The first-order valence-corrected chi connectivity index (χ1v) is 13.6. The minimum atomic E-state index is -1.40. The monoisotopic (exact) mass is 581 g/mol. The second-order valence-corrected chi connectivity index (χ2v) is 11.0. The summed E-state index contributed by atoms with van der Waals surface area (Å²) in [6.45, 7) is 1.15. The van der Waals surface area contributed by atoms with E-state index in [0.29, 0.717) is 19.4 Å². The van der Waals surface area contributed by atoms with Crippen LogP contribution in [0.25, 0.3) is 0 Å². The van der Waals surface area contributed by atoms with E-state index in [2.05, 4.69) is 15.6 Å². The molecule has 3 fully saturated rings. The van der Waals surface area contributed by atoms with Crippen molar-refractivity contribution in [2.24, 2.45) is 16.5 Å². The summed E-state index contributed by atoms with van der Waals surface area (Å²) in [4.78, 5) is 4.19. The number of aliphatic hydroxyl groups excluding tert-OH is 4. The van der Waals surface area contributed by atoms with Crippen LogP contribution < -0.4 is 22.1 Å². The van der Waals surface area contributed by atoms with Gasteiger partial charge < -0.3 is 76.4 Å². The quantitative estimate of drug-likeness (QED) is 0.0640. The molecule has 0 aromatic rings. The van der Waals surface area contributed by atoms with Crippen LogP contribution in [0.5, 0.6) is 0 Å². The molecule has 10 atom stereocenters. The molecule has 0 radical (unpaired) electrons. The summed E-state index contributed by atoms with van der Waals surface area (Å²) in [5, 5.41) is 67.1. The van der Waals surface area contributed by atoms with Gasteiger partial charge in [0, 0.05) is 13.1 Å². The van der Waals surface area contributed by atoms with Gasteiger partial charge in [0.05, 0.1) is 63.9 Å². The third-order valence-electron chi connectivity index (χ3n) is 7.37. The molecule has 0 aliphatic carbocycles. The second kappa shape index (κ2) is 14.9. The molecule has 40 heavy (non-hydrogen) atoms. The topological polar surface area (TPSA) is 256 Å². The summed E-state index contributed by atoms with van der Waals surface area (Å²) in [7, 11) is 1.59. The van der Waals surface area contributed by atoms with Crippen molar-refractivity contribution in [2.45, 2.75) is 86.2 Å². The number of hydrogen-bond donors (Lipinski definition) is 10. The SMILES string of the molecule is CN[C@@H]1C(O)[C@@H](OC(CN=C(N)C2(O)COC2)C(O)CO[C@H]2O[C@H](CNCC(O)CO)CCC2N)OCC1(C)O. The van der Waals surface area contributed by atoms with Gasteiger partial charge in [-0.1, -0.05) is 0 Å². The average molecular weight is 582 g/mol. The van der Waals surface area contributed by atoms with E-state index in [1.165, 1.54) is 6.92 Å². The summed E-state index contributed by atoms with van der Waals surface area (Å²) < 4.78 is 28.2. The molecule has 12 N–H and O–H groups in total. The highest BCUT2D eigenvalue weighted by molar-refractivity contribution is 5.89. The molecule has 16 heteroatoms. The van der Waals surface area contributed by atoms with Gasteiger partial charge in [0.25, 0.3) is 0 Å². The van der Waals surface area contributed by atoms with Gasteiger partial charge in [-0.3, -0.25) is 4.99 Å². The van der Waals surface area contributed by atoms with E-state index in [4.69, 9.17) is 40.3 Å². The van der Waals surface area contributed by atoms with Crippen molar-refractivity contribution in [1.82, 2.24) is 10.6 Å². The molecule has 0 spiro atoms. The Balaban J connectivity index is 1.62. The van der Waals surface area contributed by atoms with E-state index in [1.807, 2.05) is 0 Å². The summed E-state index contributed by atoms with van der Waals surface area (Å²) in [6.07, 6.45) is -5.61. The summed E-state index contributed by atoms with van der Waals surface area (Å²) in [5.74, 6) is -0.0825. The summed E-state index contributed by atoms with van der Waals surface area (Å²) in [6, 6.07) is -1.23. The number of aliphatic imine (C=N–C) groups is 1. The highest BCUT2D eigenvalue weighted by Crippen LogP contribution is 2.26. The molecular weight excluding hydrogens is 534 g/mol. The number of nitrogens with two attached hydrogens (primary N) is 2. The van der Waals surface area contributed by atoms with Gasteiger partial charge in [0.15, 0.2) is 18.2 Å². The molecule has 0 bridgehead atoms. The number of amidine groups is 1. The van der Waals surface area contributed by atoms with Crippen LogP contribution in [0.3, 0.4) is 0 Å². The molecule has 3 heterocycles. The number of likely N-dealkylation sites (N-methyl/N-ethyl adjacent to an activating group) is 1. The number of rotatable bonds is 15. The van der Waals surface area contributed by atoms with Crippen LogP contribution >= 0.6 is 0 Å². The largest absolute Gasteiger partial charge is 0.394 e. The Morgan fingerprint density at radius 1 is 1.18 bits per heavy atom. The van der Waals surface area contributed by atoms with Crippen molar-refractivity contribution in [3.8, 4) is 0 Å². The molecule has 3 aliphatic rings. The maximum Gasteiger partial charge on any atom is 0.185 e. The van der Waals surface area contributed by atoms with E-state index < -0.39 is 60.3 Å². The number of nitrogens with one attached hydrogen (secondary N) is 2. The summed E-state index contributed by atoms with van der Waals surface area (Å²) in [5.41, 5.74) is 9.36. The Morgan fingerprint density at radius 3 is 2.52 bits per heavy atom. The zero-order valence-corrected chi connectivity index (χ0v) is 23.1. The number of aliphatic hydroxyl groups is 6. The molecule has 0 aromatic heterocycles.